The molecule has 21 heavy (non-hydrogen) atoms. The molecule has 0 atom stereocenters. The fourth-order valence-corrected chi connectivity index (χ4v) is 3.33. The standard InChI is InChI=1S/C13H15F4NO2S/c1-2-12(6-3-7-12)18-10-5-4-9(14)8-11(10)21(19,20)13(15,16)17/h4-5,8,18H,2-3,6-7H2,1H3. The molecule has 0 bridgehead atoms. The lowest BCUT2D eigenvalue weighted by atomic mass is 9.74. The third kappa shape index (κ3) is 2.86. The minimum Gasteiger partial charge on any atom is -0.379 e. The molecule has 1 saturated carbocycles. The van der Waals surface area contributed by atoms with E-state index in [1.807, 2.05) is 6.92 Å². The van der Waals surface area contributed by atoms with Gasteiger partial charge in [0.15, 0.2) is 0 Å². The normalized spacial score (nSPS) is 18.1. The van der Waals surface area contributed by atoms with Crippen LogP contribution in [0.15, 0.2) is 23.1 Å². The molecule has 0 amide bonds. The number of benzene rings is 1. The summed E-state index contributed by atoms with van der Waals surface area (Å²) in [7, 11) is -5.60. The van der Waals surface area contributed by atoms with Crippen molar-refractivity contribution in [2.24, 2.45) is 0 Å². The van der Waals surface area contributed by atoms with E-state index in [-0.39, 0.29) is 5.69 Å². The van der Waals surface area contributed by atoms with Gasteiger partial charge in [0.2, 0.25) is 0 Å². The third-order valence-electron chi connectivity index (χ3n) is 3.93. The first-order chi connectivity index (χ1) is 9.61. The van der Waals surface area contributed by atoms with Crippen molar-refractivity contribution in [2.75, 3.05) is 5.32 Å². The second-order valence-corrected chi connectivity index (χ2v) is 7.11. The molecule has 1 aliphatic rings. The molecule has 1 fully saturated rings. The Hall–Kier alpha value is -1.31. The molecule has 1 aliphatic carbocycles. The average Bonchev–Trinajstić information content (AvgIpc) is 2.34. The molecule has 3 nitrogen and oxygen atoms in total. The number of hydrogen-bond donors (Lipinski definition) is 1. The Bertz CT molecular complexity index is 631. The zero-order valence-electron chi connectivity index (χ0n) is 11.3. The summed E-state index contributed by atoms with van der Waals surface area (Å²) >= 11 is 0. The van der Waals surface area contributed by atoms with Crippen LogP contribution in [0.5, 0.6) is 0 Å². The van der Waals surface area contributed by atoms with E-state index in [1.165, 1.54) is 0 Å². The van der Waals surface area contributed by atoms with E-state index in [2.05, 4.69) is 5.32 Å². The fraction of sp³-hybridized carbons (Fsp3) is 0.538. The van der Waals surface area contributed by atoms with Gasteiger partial charge in [-0.15, -0.1) is 0 Å². The molecule has 1 aromatic carbocycles. The number of rotatable bonds is 4. The van der Waals surface area contributed by atoms with Gasteiger partial charge in [0.05, 0.1) is 5.69 Å². The Kier molecular flexibility index (Phi) is 3.94. The maximum absolute atomic E-state index is 13.2. The van der Waals surface area contributed by atoms with Crippen LogP contribution in [-0.2, 0) is 9.84 Å². The van der Waals surface area contributed by atoms with E-state index in [9.17, 15) is 26.0 Å². The number of halogens is 4. The van der Waals surface area contributed by atoms with Crippen LogP contribution in [0.1, 0.15) is 32.6 Å². The predicted molar refractivity (Wildman–Crippen MR) is 70.1 cm³/mol. The van der Waals surface area contributed by atoms with Gasteiger partial charge in [0.1, 0.15) is 10.7 Å². The Morgan fingerprint density at radius 1 is 1.29 bits per heavy atom. The Morgan fingerprint density at radius 3 is 2.33 bits per heavy atom. The van der Waals surface area contributed by atoms with Gasteiger partial charge >= 0.3 is 5.51 Å². The zero-order chi connectivity index (χ0) is 15.9. The van der Waals surface area contributed by atoms with Crippen LogP contribution < -0.4 is 5.32 Å². The molecular formula is C13H15F4NO2S. The van der Waals surface area contributed by atoms with Crippen molar-refractivity contribution >= 4 is 15.5 Å². The van der Waals surface area contributed by atoms with Crippen LogP contribution in [0.2, 0.25) is 0 Å². The summed E-state index contributed by atoms with van der Waals surface area (Å²) in [5.41, 5.74) is -6.07. The topological polar surface area (TPSA) is 46.2 Å². The highest BCUT2D eigenvalue weighted by Gasteiger charge is 2.49. The summed E-state index contributed by atoms with van der Waals surface area (Å²) in [6, 6.07) is 2.40. The molecule has 1 N–H and O–H groups in total. The fourth-order valence-electron chi connectivity index (χ4n) is 2.40. The first kappa shape index (κ1) is 16.1. The van der Waals surface area contributed by atoms with Crippen LogP contribution in [0.3, 0.4) is 0 Å². The average molecular weight is 325 g/mol. The first-order valence-electron chi connectivity index (χ1n) is 6.50. The highest BCUT2D eigenvalue weighted by molar-refractivity contribution is 7.92. The van der Waals surface area contributed by atoms with Crippen LogP contribution in [0, 0.1) is 5.82 Å². The number of sulfone groups is 1. The van der Waals surface area contributed by atoms with Crippen LogP contribution in [0.4, 0.5) is 23.2 Å². The van der Waals surface area contributed by atoms with E-state index in [0.29, 0.717) is 12.5 Å². The van der Waals surface area contributed by atoms with Crippen molar-refractivity contribution in [3.63, 3.8) is 0 Å². The van der Waals surface area contributed by atoms with Crippen LogP contribution >= 0.6 is 0 Å². The summed E-state index contributed by atoms with van der Waals surface area (Å²) < 4.78 is 74.5. The Balaban J connectivity index is 2.49. The van der Waals surface area contributed by atoms with Gasteiger partial charge in [-0.2, -0.15) is 13.2 Å². The molecule has 118 valence electrons. The van der Waals surface area contributed by atoms with Crippen molar-refractivity contribution < 1.29 is 26.0 Å². The Morgan fingerprint density at radius 2 is 1.90 bits per heavy atom. The van der Waals surface area contributed by atoms with Gasteiger partial charge in [0.25, 0.3) is 9.84 Å². The van der Waals surface area contributed by atoms with Gasteiger partial charge in [-0.3, -0.25) is 0 Å². The highest BCUT2D eigenvalue weighted by atomic mass is 32.2. The van der Waals surface area contributed by atoms with E-state index >= 15 is 0 Å². The number of anilines is 1. The summed E-state index contributed by atoms with van der Waals surface area (Å²) in [6.07, 6.45) is 3.05. The quantitative estimate of drug-likeness (QED) is 0.855. The smallest absolute Gasteiger partial charge is 0.379 e. The van der Waals surface area contributed by atoms with Crippen molar-refractivity contribution in [3.05, 3.63) is 24.0 Å². The van der Waals surface area contributed by atoms with Gasteiger partial charge in [-0.1, -0.05) is 6.92 Å². The number of hydrogen-bond acceptors (Lipinski definition) is 3. The number of nitrogens with one attached hydrogen (secondary N) is 1. The maximum atomic E-state index is 13.2. The third-order valence-corrected chi connectivity index (χ3v) is 5.45. The molecule has 1 aromatic rings. The first-order valence-corrected chi connectivity index (χ1v) is 7.99. The molecule has 2 rings (SSSR count). The highest BCUT2D eigenvalue weighted by Crippen LogP contribution is 2.41. The SMILES string of the molecule is CCC1(Nc2ccc(F)cc2S(=O)(=O)C(F)(F)F)CCC1. The molecular weight excluding hydrogens is 310 g/mol. The lowest BCUT2D eigenvalue weighted by molar-refractivity contribution is -0.0435. The zero-order valence-corrected chi connectivity index (χ0v) is 12.1. The monoisotopic (exact) mass is 325 g/mol. The largest absolute Gasteiger partial charge is 0.501 e. The summed E-state index contributed by atoms with van der Waals surface area (Å²) in [5.74, 6) is -1.03. The Labute approximate surface area is 120 Å². The number of alkyl halides is 3. The molecule has 0 spiro atoms. The van der Waals surface area contributed by atoms with Crippen molar-refractivity contribution in [2.45, 2.75) is 48.5 Å². The van der Waals surface area contributed by atoms with Crippen LogP contribution in [0.25, 0.3) is 0 Å². The van der Waals surface area contributed by atoms with Crippen molar-refractivity contribution in [3.8, 4) is 0 Å². The van der Waals surface area contributed by atoms with E-state index in [0.717, 1.165) is 31.4 Å². The van der Waals surface area contributed by atoms with Gasteiger partial charge in [-0.05, 0) is 43.9 Å². The van der Waals surface area contributed by atoms with Gasteiger partial charge in [0, 0.05) is 5.54 Å². The summed E-state index contributed by atoms with van der Waals surface area (Å²) in [6.45, 7) is 1.87. The molecule has 0 unspecified atom stereocenters. The van der Waals surface area contributed by atoms with Gasteiger partial charge < -0.3 is 5.32 Å². The molecule has 0 aliphatic heterocycles. The predicted octanol–water partition coefficient (Wildman–Crippen LogP) is 3.86. The van der Waals surface area contributed by atoms with E-state index in [1.54, 1.807) is 0 Å². The summed E-state index contributed by atoms with van der Waals surface area (Å²) in [5, 5.41) is 2.87. The molecule has 8 heteroatoms. The minimum atomic E-state index is -5.60. The van der Waals surface area contributed by atoms with E-state index < -0.39 is 31.6 Å². The van der Waals surface area contributed by atoms with Crippen molar-refractivity contribution in [1.82, 2.24) is 0 Å². The maximum Gasteiger partial charge on any atom is 0.501 e. The molecule has 0 saturated heterocycles. The lowest BCUT2D eigenvalue weighted by Gasteiger charge is -2.43. The second-order valence-electron chi connectivity index (χ2n) is 5.20. The molecule has 0 radical (unpaired) electrons. The molecule has 0 aromatic heterocycles. The van der Waals surface area contributed by atoms with Crippen molar-refractivity contribution in [1.29, 1.82) is 0 Å². The molecule has 0 heterocycles. The van der Waals surface area contributed by atoms with Crippen LogP contribution in [-0.4, -0.2) is 19.5 Å². The lowest BCUT2D eigenvalue weighted by Crippen LogP contribution is -2.44. The second kappa shape index (κ2) is 5.15. The van der Waals surface area contributed by atoms with E-state index in [4.69, 9.17) is 0 Å². The minimum absolute atomic E-state index is 0.199. The summed E-state index contributed by atoms with van der Waals surface area (Å²) in [4.78, 5) is -1.06. The van der Waals surface area contributed by atoms with Gasteiger partial charge in [-0.25, -0.2) is 12.8 Å².